The Morgan fingerprint density at radius 1 is 0.943 bits per heavy atom. The van der Waals surface area contributed by atoms with Crippen molar-refractivity contribution < 1.29 is 45.4 Å². The Labute approximate surface area is 309 Å². The third-order valence-electron chi connectivity index (χ3n) is 9.27. The van der Waals surface area contributed by atoms with E-state index in [1.54, 1.807) is 68.6 Å². The van der Waals surface area contributed by atoms with Crippen LogP contribution in [0.25, 0.3) is 0 Å². The summed E-state index contributed by atoms with van der Waals surface area (Å²) in [4.78, 5) is 38.0. The van der Waals surface area contributed by atoms with Crippen molar-refractivity contribution in [2.75, 3.05) is 57.2 Å². The molecule has 4 aromatic rings. The normalized spacial score (nSPS) is 19.2. The predicted molar refractivity (Wildman–Crippen MR) is 190 cm³/mol. The number of anilines is 2. The molecule has 1 fully saturated rings. The van der Waals surface area contributed by atoms with E-state index in [9.17, 15) is 26.4 Å². The molecule has 280 valence electrons. The van der Waals surface area contributed by atoms with Gasteiger partial charge in [0.1, 0.15) is 22.4 Å². The van der Waals surface area contributed by atoms with Gasteiger partial charge in [-0.25, -0.2) is 12.7 Å². The quantitative estimate of drug-likeness (QED) is 0.224. The number of likely N-dealkylation sites (N-methyl/N-ethyl adjacent to an activating group) is 1. The van der Waals surface area contributed by atoms with Gasteiger partial charge in [-0.3, -0.25) is 19.5 Å². The highest BCUT2D eigenvalue weighted by Crippen LogP contribution is 2.55. The maximum absolute atomic E-state index is 15.7. The minimum absolute atomic E-state index is 0.0280. The molecule has 12 nitrogen and oxygen atoms in total. The lowest BCUT2D eigenvalue weighted by Crippen LogP contribution is -2.67. The van der Waals surface area contributed by atoms with Crippen LogP contribution in [0.4, 0.5) is 24.5 Å². The molecule has 17 heteroatoms. The number of methoxy groups -OCH3 is 2. The molecule has 2 aliphatic rings. The SMILES string of the molecule is COc1ccc(S(=O)(=O)N2C(=O)C(c3cc(C)ccc3OC)(N3CCN(c4ccncc4)CC3C(=O)N(C)C)c3cc(Cl)ccc32)c(OC(F)(F)F)c1. The van der Waals surface area contributed by atoms with Gasteiger partial charge in [0.15, 0.2) is 11.3 Å². The number of aryl methyl sites for hydroxylation is 1. The van der Waals surface area contributed by atoms with Gasteiger partial charge in [0, 0.05) is 74.0 Å². The van der Waals surface area contributed by atoms with E-state index in [0.29, 0.717) is 9.87 Å². The molecule has 3 aromatic carbocycles. The number of ether oxygens (including phenoxy) is 3. The molecule has 0 N–H and O–H groups in total. The summed E-state index contributed by atoms with van der Waals surface area (Å²) in [6.07, 6.45) is -2.08. The summed E-state index contributed by atoms with van der Waals surface area (Å²) < 4.78 is 86.3. The number of aromatic nitrogens is 1. The van der Waals surface area contributed by atoms with Gasteiger partial charge in [0.25, 0.3) is 15.9 Å². The minimum atomic E-state index is -5.30. The van der Waals surface area contributed by atoms with Crippen molar-refractivity contribution in [3.63, 3.8) is 0 Å². The van der Waals surface area contributed by atoms with Crippen molar-refractivity contribution in [2.24, 2.45) is 0 Å². The van der Waals surface area contributed by atoms with E-state index in [-0.39, 0.29) is 53.0 Å². The first kappa shape index (κ1) is 37.7. The topological polar surface area (TPSA) is 122 Å². The molecular formula is C36H35ClF3N5O7S. The second-order valence-electron chi connectivity index (χ2n) is 12.6. The van der Waals surface area contributed by atoms with E-state index in [4.69, 9.17) is 21.1 Å². The van der Waals surface area contributed by atoms with E-state index in [0.717, 1.165) is 23.9 Å². The van der Waals surface area contributed by atoms with Crippen LogP contribution in [0, 0.1) is 6.92 Å². The summed E-state index contributed by atoms with van der Waals surface area (Å²) in [5, 5.41) is 0.128. The number of nitrogens with zero attached hydrogens (tertiary/aromatic N) is 5. The maximum atomic E-state index is 15.7. The fourth-order valence-electron chi connectivity index (χ4n) is 7.00. The molecule has 1 aromatic heterocycles. The highest BCUT2D eigenvalue weighted by molar-refractivity contribution is 7.93. The number of pyridine rings is 1. The molecule has 1 saturated heterocycles. The number of rotatable bonds is 9. The Morgan fingerprint density at radius 3 is 2.30 bits per heavy atom. The van der Waals surface area contributed by atoms with E-state index in [1.807, 2.05) is 4.90 Å². The van der Waals surface area contributed by atoms with Gasteiger partial charge in [-0.15, -0.1) is 13.2 Å². The van der Waals surface area contributed by atoms with E-state index in [1.165, 1.54) is 37.3 Å². The largest absolute Gasteiger partial charge is 0.573 e. The fraction of sp³-hybridized carbons (Fsp3) is 0.306. The standard InChI is InChI=1S/C36H35ClF3N5O7S/c1-22-6-10-30(51-5)27(18-22)35(44-17-16-43(24-12-14-41-15-13-24)21-29(44)33(46)42(2)3)26-19-23(37)7-9-28(26)45(34(35)47)53(48,49)32-11-8-25(50-4)20-31(32)52-36(38,39)40/h6-15,18-20,29H,16-17,21H2,1-5H3. The summed E-state index contributed by atoms with van der Waals surface area (Å²) in [6.45, 7) is 2.13. The third kappa shape index (κ3) is 6.59. The minimum Gasteiger partial charge on any atom is -0.497 e. The Kier molecular flexibility index (Phi) is 10.00. The number of hydrogen-bond donors (Lipinski definition) is 0. The van der Waals surface area contributed by atoms with Crippen molar-refractivity contribution in [3.05, 3.63) is 101 Å². The summed E-state index contributed by atoms with van der Waals surface area (Å²) in [7, 11) is 0.487. The number of benzene rings is 3. The Balaban J connectivity index is 1.66. The third-order valence-corrected chi connectivity index (χ3v) is 11.2. The van der Waals surface area contributed by atoms with Gasteiger partial charge in [-0.1, -0.05) is 23.2 Å². The second kappa shape index (κ2) is 14.1. The highest BCUT2D eigenvalue weighted by atomic mass is 35.5. The molecule has 0 aliphatic carbocycles. The smallest absolute Gasteiger partial charge is 0.497 e. The van der Waals surface area contributed by atoms with Crippen LogP contribution < -0.4 is 23.4 Å². The summed E-state index contributed by atoms with van der Waals surface area (Å²) >= 11 is 6.62. The average Bonchev–Trinajstić information content (AvgIpc) is 3.38. The monoisotopic (exact) mass is 773 g/mol. The van der Waals surface area contributed by atoms with Gasteiger partial charge in [0.2, 0.25) is 5.91 Å². The van der Waals surface area contributed by atoms with Gasteiger partial charge in [0.05, 0.1) is 19.9 Å². The van der Waals surface area contributed by atoms with Crippen LogP contribution in [0.15, 0.2) is 84.0 Å². The van der Waals surface area contributed by atoms with Crippen LogP contribution in [0.3, 0.4) is 0 Å². The number of carbonyl (C=O) groups is 2. The first-order valence-electron chi connectivity index (χ1n) is 16.2. The number of hydrogen-bond acceptors (Lipinski definition) is 10. The zero-order valence-electron chi connectivity index (χ0n) is 29.2. The zero-order valence-corrected chi connectivity index (χ0v) is 30.8. The van der Waals surface area contributed by atoms with Crippen molar-refractivity contribution in [1.29, 1.82) is 0 Å². The Bertz CT molecular complexity index is 2170. The molecule has 0 saturated carbocycles. The molecule has 2 amide bonds. The van der Waals surface area contributed by atoms with E-state index in [2.05, 4.69) is 9.72 Å². The molecule has 0 spiro atoms. The number of amides is 2. The molecule has 2 aliphatic heterocycles. The highest BCUT2D eigenvalue weighted by Gasteiger charge is 2.63. The molecule has 6 rings (SSSR count). The lowest BCUT2D eigenvalue weighted by atomic mass is 9.79. The summed E-state index contributed by atoms with van der Waals surface area (Å²) in [5.74, 6) is -2.55. The van der Waals surface area contributed by atoms with Crippen LogP contribution in [-0.2, 0) is 25.2 Å². The van der Waals surface area contributed by atoms with Crippen LogP contribution in [0.5, 0.6) is 17.2 Å². The maximum Gasteiger partial charge on any atom is 0.573 e. The summed E-state index contributed by atoms with van der Waals surface area (Å²) in [5.41, 5.74) is -0.613. The van der Waals surface area contributed by atoms with Gasteiger partial charge in [-0.2, -0.15) is 0 Å². The number of alkyl halides is 3. The van der Waals surface area contributed by atoms with Crippen LogP contribution >= 0.6 is 11.6 Å². The molecule has 53 heavy (non-hydrogen) atoms. The zero-order chi connectivity index (χ0) is 38.5. The molecule has 3 heterocycles. The van der Waals surface area contributed by atoms with Crippen LogP contribution in [0.1, 0.15) is 16.7 Å². The Hall–Kier alpha value is -5.06. The number of sulfonamides is 1. The lowest BCUT2D eigenvalue weighted by Gasteiger charge is -2.50. The number of fused-ring (bicyclic) bond motifs is 1. The molecule has 0 radical (unpaired) electrons. The number of carbonyl (C=O) groups excluding carboxylic acids is 2. The van der Waals surface area contributed by atoms with Gasteiger partial charge >= 0.3 is 6.36 Å². The van der Waals surface area contributed by atoms with Crippen molar-refractivity contribution in [2.45, 2.75) is 29.8 Å². The first-order chi connectivity index (χ1) is 25.0. The fourth-order valence-corrected chi connectivity index (χ4v) is 8.73. The van der Waals surface area contributed by atoms with Crippen molar-refractivity contribution in [3.8, 4) is 17.2 Å². The summed E-state index contributed by atoms with van der Waals surface area (Å²) in [6, 6.07) is 14.4. The molecule has 0 bridgehead atoms. The molecule has 2 atom stereocenters. The molecule has 2 unspecified atom stereocenters. The van der Waals surface area contributed by atoms with Gasteiger partial charge < -0.3 is 24.0 Å². The van der Waals surface area contributed by atoms with Crippen molar-refractivity contribution in [1.82, 2.24) is 14.8 Å². The number of piperazine rings is 1. The van der Waals surface area contributed by atoms with Gasteiger partial charge in [-0.05, 0) is 61.5 Å². The average molecular weight is 774 g/mol. The number of halogens is 4. The van der Waals surface area contributed by atoms with E-state index < -0.39 is 50.4 Å². The second-order valence-corrected chi connectivity index (χ2v) is 14.8. The van der Waals surface area contributed by atoms with Crippen LogP contribution in [-0.4, -0.2) is 95.4 Å². The van der Waals surface area contributed by atoms with Crippen LogP contribution in [0.2, 0.25) is 5.02 Å². The first-order valence-corrected chi connectivity index (χ1v) is 18.0. The van der Waals surface area contributed by atoms with Crippen molar-refractivity contribution >= 4 is 44.8 Å². The van der Waals surface area contributed by atoms with E-state index >= 15 is 4.79 Å². The Morgan fingerprint density at radius 2 is 1.66 bits per heavy atom. The molecular weight excluding hydrogens is 739 g/mol. The predicted octanol–water partition coefficient (Wildman–Crippen LogP) is 5.22. The lowest BCUT2D eigenvalue weighted by molar-refractivity contribution is -0.275.